The molecular formula is C6H8N2O2. The zero-order valence-corrected chi connectivity index (χ0v) is 5.46. The summed E-state index contributed by atoms with van der Waals surface area (Å²) in [5, 5.41) is 5.92. The van der Waals surface area contributed by atoms with E-state index in [1.165, 1.54) is 12.8 Å². The Bertz CT molecular complexity index is 271. The lowest BCUT2D eigenvalue weighted by atomic mass is 10.3. The van der Waals surface area contributed by atoms with E-state index in [1.54, 1.807) is 0 Å². The second-order valence-electron chi connectivity index (χ2n) is 2.65. The highest BCUT2D eigenvalue weighted by Crippen LogP contribution is 2.31. The van der Waals surface area contributed by atoms with E-state index in [2.05, 4.69) is 10.2 Å². The van der Waals surface area contributed by atoms with Crippen molar-refractivity contribution in [2.24, 2.45) is 5.92 Å². The maximum absolute atomic E-state index is 10.4. The van der Waals surface area contributed by atoms with E-state index in [-0.39, 0.29) is 0 Å². The molecule has 1 fully saturated rings. The summed E-state index contributed by atoms with van der Waals surface area (Å²) >= 11 is 0. The highest BCUT2D eigenvalue weighted by Gasteiger charge is 2.23. The second-order valence-corrected chi connectivity index (χ2v) is 2.65. The summed E-state index contributed by atoms with van der Waals surface area (Å²) in [7, 11) is 0. The SMILES string of the molecule is O=c1[nH]nc(CC2CC2)o1. The van der Waals surface area contributed by atoms with E-state index >= 15 is 0 Å². The van der Waals surface area contributed by atoms with E-state index in [0.29, 0.717) is 11.8 Å². The predicted molar refractivity (Wildman–Crippen MR) is 33.6 cm³/mol. The third-order valence-electron chi connectivity index (χ3n) is 1.64. The van der Waals surface area contributed by atoms with Crippen molar-refractivity contribution in [2.75, 3.05) is 0 Å². The number of hydrogen-bond acceptors (Lipinski definition) is 3. The highest BCUT2D eigenvalue weighted by atomic mass is 16.4. The van der Waals surface area contributed by atoms with Gasteiger partial charge in [-0.2, -0.15) is 0 Å². The summed E-state index contributed by atoms with van der Waals surface area (Å²) in [6.07, 6.45) is 3.31. The van der Waals surface area contributed by atoms with Crippen molar-refractivity contribution in [1.82, 2.24) is 10.2 Å². The highest BCUT2D eigenvalue weighted by molar-refractivity contribution is 4.84. The Morgan fingerprint density at radius 2 is 2.50 bits per heavy atom. The van der Waals surface area contributed by atoms with Crippen molar-refractivity contribution in [2.45, 2.75) is 19.3 Å². The quantitative estimate of drug-likeness (QED) is 0.643. The lowest BCUT2D eigenvalue weighted by molar-refractivity contribution is 0.452. The van der Waals surface area contributed by atoms with Crippen molar-refractivity contribution in [3.8, 4) is 0 Å². The van der Waals surface area contributed by atoms with Crippen LogP contribution in [-0.2, 0) is 6.42 Å². The van der Waals surface area contributed by atoms with Gasteiger partial charge in [0.1, 0.15) is 0 Å². The standard InChI is InChI=1S/C6H8N2O2/c9-6-8-7-5(10-6)3-4-1-2-4/h4H,1-3H2,(H,8,9). The van der Waals surface area contributed by atoms with Gasteiger partial charge in [-0.05, 0) is 18.8 Å². The molecular weight excluding hydrogens is 132 g/mol. The Kier molecular flexibility index (Phi) is 1.12. The molecule has 1 saturated carbocycles. The zero-order chi connectivity index (χ0) is 6.97. The number of nitrogens with one attached hydrogen (secondary N) is 1. The summed E-state index contributed by atoms with van der Waals surface area (Å²) in [5.74, 6) is 0.814. The molecule has 1 aromatic rings. The van der Waals surface area contributed by atoms with Gasteiger partial charge >= 0.3 is 5.76 Å². The third-order valence-corrected chi connectivity index (χ3v) is 1.64. The average molecular weight is 140 g/mol. The smallest absolute Gasteiger partial charge is 0.392 e. The Morgan fingerprint density at radius 3 is 3.00 bits per heavy atom. The average Bonchev–Trinajstić information content (AvgIpc) is 2.59. The largest absolute Gasteiger partial charge is 0.434 e. The Morgan fingerprint density at radius 1 is 1.70 bits per heavy atom. The number of H-pyrrole nitrogens is 1. The molecule has 0 unspecified atom stereocenters. The number of hydrogen-bond donors (Lipinski definition) is 1. The van der Waals surface area contributed by atoms with E-state index in [1.807, 2.05) is 0 Å². The molecule has 0 saturated heterocycles. The molecule has 0 aromatic carbocycles. The Balaban J connectivity index is 2.10. The van der Waals surface area contributed by atoms with Crippen LogP contribution in [-0.4, -0.2) is 10.2 Å². The van der Waals surface area contributed by atoms with Gasteiger partial charge in [-0.15, -0.1) is 5.10 Å². The van der Waals surface area contributed by atoms with Gasteiger partial charge in [0, 0.05) is 6.42 Å². The predicted octanol–water partition coefficient (Wildman–Crippen LogP) is 0.315. The van der Waals surface area contributed by atoms with Gasteiger partial charge in [0.05, 0.1) is 0 Å². The minimum atomic E-state index is -0.448. The van der Waals surface area contributed by atoms with Crippen LogP contribution in [0.25, 0.3) is 0 Å². The second kappa shape index (κ2) is 1.97. The molecule has 2 rings (SSSR count). The fraction of sp³-hybridized carbons (Fsp3) is 0.667. The van der Waals surface area contributed by atoms with Crippen LogP contribution in [0.5, 0.6) is 0 Å². The normalized spacial score (nSPS) is 17.6. The molecule has 4 heteroatoms. The van der Waals surface area contributed by atoms with Crippen LogP contribution >= 0.6 is 0 Å². The first-order chi connectivity index (χ1) is 4.84. The van der Waals surface area contributed by atoms with Crippen LogP contribution < -0.4 is 5.76 Å². The summed E-state index contributed by atoms with van der Waals surface area (Å²) in [6, 6.07) is 0. The monoisotopic (exact) mass is 140 g/mol. The van der Waals surface area contributed by atoms with Crippen LogP contribution in [0.15, 0.2) is 9.21 Å². The summed E-state index contributed by atoms with van der Waals surface area (Å²) in [6.45, 7) is 0. The summed E-state index contributed by atoms with van der Waals surface area (Å²) in [4.78, 5) is 10.4. The summed E-state index contributed by atoms with van der Waals surface area (Å²) in [5.41, 5.74) is 0. The van der Waals surface area contributed by atoms with E-state index < -0.39 is 5.76 Å². The molecule has 54 valence electrons. The fourth-order valence-electron chi connectivity index (χ4n) is 0.917. The molecule has 0 atom stereocenters. The molecule has 0 aliphatic heterocycles. The van der Waals surface area contributed by atoms with Gasteiger partial charge in [-0.3, -0.25) is 0 Å². The number of rotatable bonds is 2. The van der Waals surface area contributed by atoms with Gasteiger partial charge in [0.25, 0.3) is 0 Å². The van der Waals surface area contributed by atoms with Crippen molar-refractivity contribution in [1.29, 1.82) is 0 Å². The van der Waals surface area contributed by atoms with Crippen LogP contribution in [0.3, 0.4) is 0 Å². The minimum Gasteiger partial charge on any atom is -0.392 e. The lowest BCUT2D eigenvalue weighted by Crippen LogP contribution is -1.93. The molecule has 4 nitrogen and oxygen atoms in total. The maximum Gasteiger partial charge on any atom is 0.434 e. The van der Waals surface area contributed by atoms with Gasteiger partial charge < -0.3 is 4.42 Å². The van der Waals surface area contributed by atoms with Crippen molar-refractivity contribution in [3.05, 3.63) is 16.4 Å². The molecule has 1 N–H and O–H groups in total. The molecule has 1 aliphatic carbocycles. The first-order valence-electron chi connectivity index (χ1n) is 3.39. The van der Waals surface area contributed by atoms with Crippen molar-refractivity contribution >= 4 is 0 Å². The zero-order valence-electron chi connectivity index (χ0n) is 5.46. The first kappa shape index (κ1) is 5.70. The Hall–Kier alpha value is -1.06. The molecule has 0 amide bonds. The molecule has 1 heterocycles. The van der Waals surface area contributed by atoms with Crippen LogP contribution in [0.1, 0.15) is 18.7 Å². The van der Waals surface area contributed by atoms with Gasteiger partial charge in [0.15, 0.2) is 0 Å². The van der Waals surface area contributed by atoms with Gasteiger partial charge in [-0.25, -0.2) is 9.89 Å². The minimum absolute atomic E-state index is 0.448. The molecule has 10 heavy (non-hydrogen) atoms. The van der Waals surface area contributed by atoms with E-state index in [4.69, 9.17) is 4.42 Å². The van der Waals surface area contributed by atoms with E-state index in [9.17, 15) is 4.79 Å². The molecule has 0 bridgehead atoms. The number of aromatic amines is 1. The number of aromatic nitrogens is 2. The first-order valence-corrected chi connectivity index (χ1v) is 3.39. The summed E-state index contributed by atoms with van der Waals surface area (Å²) < 4.78 is 4.71. The molecule has 1 aliphatic rings. The van der Waals surface area contributed by atoms with Crippen molar-refractivity contribution < 1.29 is 4.42 Å². The van der Waals surface area contributed by atoms with Crippen molar-refractivity contribution in [3.63, 3.8) is 0 Å². The third kappa shape index (κ3) is 1.10. The van der Waals surface area contributed by atoms with E-state index in [0.717, 1.165) is 6.42 Å². The lowest BCUT2D eigenvalue weighted by Gasteiger charge is -1.84. The fourth-order valence-corrected chi connectivity index (χ4v) is 0.917. The topological polar surface area (TPSA) is 58.9 Å². The Labute approximate surface area is 57.2 Å². The van der Waals surface area contributed by atoms with Crippen LogP contribution in [0, 0.1) is 5.92 Å². The molecule has 0 radical (unpaired) electrons. The number of nitrogens with zero attached hydrogens (tertiary/aromatic N) is 1. The van der Waals surface area contributed by atoms with Crippen LogP contribution in [0.2, 0.25) is 0 Å². The molecule has 0 spiro atoms. The van der Waals surface area contributed by atoms with Gasteiger partial charge in [-0.1, -0.05) is 0 Å². The molecule has 1 aromatic heterocycles. The van der Waals surface area contributed by atoms with Gasteiger partial charge in [0.2, 0.25) is 5.89 Å². The van der Waals surface area contributed by atoms with Crippen LogP contribution in [0.4, 0.5) is 0 Å². The maximum atomic E-state index is 10.4.